The van der Waals surface area contributed by atoms with Crippen LogP contribution in [0.5, 0.6) is 5.75 Å². The van der Waals surface area contributed by atoms with E-state index in [-0.39, 0.29) is 0 Å². The standard InChI is InChI=1S/C20H24N2O4S/c1-4-15-26-18-13-11-16(12-14-18)21-20(23)19(5-2)22(27(3,24)25)17-9-7-6-8-10-17/h4,6-14,19H,1,5,15H2,2-3H3,(H,21,23)/t19-/m0/s1. The summed E-state index contributed by atoms with van der Waals surface area (Å²) in [6, 6.07) is 14.6. The summed E-state index contributed by atoms with van der Waals surface area (Å²) in [7, 11) is -3.64. The zero-order valence-corrected chi connectivity index (χ0v) is 16.3. The average Bonchev–Trinajstić information content (AvgIpc) is 2.65. The number of carbonyl (C=O) groups excluding carboxylic acids is 1. The Bertz CT molecular complexity index is 865. The molecule has 0 heterocycles. The second kappa shape index (κ2) is 9.23. The van der Waals surface area contributed by atoms with E-state index in [0.29, 0.717) is 30.2 Å². The summed E-state index contributed by atoms with van der Waals surface area (Å²) in [6.45, 7) is 5.76. The van der Waals surface area contributed by atoms with Crippen molar-refractivity contribution in [2.24, 2.45) is 0 Å². The van der Waals surface area contributed by atoms with Crippen molar-refractivity contribution in [1.82, 2.24) is 0 Å². The summed E-state index contributed by atoms with van der Waals surface area (Å²) in [5.41, 5.74) is 1.01. The van der Waals surface area contributed by atoms with Crippen molar-refractivity contribution in [1.29, 1.82) is 0 Å². The minimum atomic E-state index is -3.64. The van der Waals surface area contributed by atoms with Crippen molar-refractivity contribution < 1.29 is 17.9 Å². The lowest BCUT2D eigenvalue weighted by molar-refractivity contribution is -0.117. The second-order valence-electron chi connectivity index (χ2n) is 5.93. The number of amides is 1. The largest absolute Gasteiger partial charge is 0.490 e. The van der Waals surface area contributed by atoms with Gasteiger partial charge in [-0.1, -0.05) is 37.8 Å². The van der Waals surface area contributed by atoms with E-state index in [0.717, 1.165) is 10.6 Å². The maximum atomic E-state index is 12.8. The van der Waals surface area contributed by atoms with E-state index in [1.165, 1.54) is 0 Å². The fourth-order valence-corrected chi connectivity index (χ4v) is 3.86. The number of sulfonamides is 1. The van der Waals surface area contributed by atoms with Crippen LogP contribution in [0, 0.1) is 0 Å². The molecule has 0 fully saturated rings. The number of rotatable bonds is 9. The van der Waals surface area contributed by atoms with Gasteiger partial charge in [0.25, 0.3) is 0 Å². The minimum Gasteiger partial charge on any atom is -0.490 e. The summed E-state index contributed by atoms with van der Waals surface area (Å²) >= 11 is 0. The third kappa shape index (κ3) is 5.59. The highest BCUT2D eigenvalue weighted by atomic mass is 32.2. The number of hydrogen-bond acceptors (Lipinski definition) is 4. The maximum absolute atomic E-state index is 12.8. The number of carbonyl (C=O) groups is 1. The molecule has 0 aliphatic carbocycles. The first-order valence-electron chi connectivity index (χ1n) is 8.56. The van der Waals surface area contributed by atoms with Gasteiger partial charge in [-0.05, 0) is 42.8 Å². The average molecular weight is 388 g/mol. The molecule has 2 aromatic carbocycles. The zero-order chi connectivity index (χ0) is 19.9. The van der Waals surface area contributed by atoms with Crippen molar-refractivity contribution in [2.45, 2.75) is 19.4 Å². The third-order valence-electron chi connectivity index (χ3n) is 3.83. The fourth-order valence-electron chi connectivity index (χ4n) is 2.65. The van der Waals surface area contributed by atoms with Crippen molar-refractivity contribution in [3.63, 3.8) is 0 Å². The molecule has 6 nitrogen and oxygen atoms in total. The number of ether oxygens (including phenoxy) is 1. The molecule has 0 aliphatic rings. The summed E-state index contributed by atoms with van der Waals surface area (Å²) < 4.78 is 31.3. The van der Waals surface area contributed by atoms with E-state index in [4.69, 9.17) is 4.74 Å². The zero-order valence-electron chi connectivity index (χ0n) is 15.5. The van der Waals surface area contributed by atoms with E-state index in [9.17, 15) is 13.2 Å². The molecular weight excluding hydrogens is 364 g/mol. The lowest BCUT2D eigenvalue weighted by Crippen LogP contribution is -2.46. The Morgan fingerprint density at radius 2 is 1.81 bits per heavy atom. The molecule has 0 saturated heterocycles. The van der Waals surface area contributed by atoms with Gasteiger partial charge in [0.15, 0.2) is 0 Å². The lowest BCUT2D eigenvalue weighted by Gasteiger charge is -2.30. The highest BCUT2D eigenvalue weighted by Gasteiger charge is 2.31. The molecule has 2 aromatic rings. The van der Waals surface area contributed by atoms with Crippen LogP contribution in [-0.4, -0.2) is 33.2 Å². The molecule has 0 bridgehead atoms. The Labute approximate surface area is 160 Å². The Balaban J connectivity index is 2.21. The van der Waals surface area contributed by atoms with Crippen molar-refractivity contribution in [3.8, 4) is 5.75 Å². The van der Waals surface area contributed by atoms with Crippen LogP contribution in [0.1, 0.15) is 13.3 Å². The van der Waals surface area contributed by atoms with Gasteiger partial charge < -0.3 is 10.1 Å². The van der Waals surface area contributed by atoms with E-state index in [1.54, 1.807) is 67.6 Å². The highest BCUT2D eigenvalue weighted by Crippen LogP contribution is 2.23. The predicted octanol–water partition coefficient (Wildman–Crippen LogP) is 3.43. The number of nitrogens with zero attached hydrogens (tertiary/aromatic N) is 1. The molecule has 0 saturated carbocycles. The van der Waals surface area contributed by atoms with Crippen LogP contribution < -0.4 is 14.4 Å². The van der Waals surface area contributed by atoms with E-state index >= 15 is 0 Å². The first-order chi connectivity index (χ1) is 12.9. The van der Waals surface area contributed by atoms with E-state index < -0.39 is 22.0 Å². The van der Waals surface area contributed by atoms with Crippen LogP contribution in [0.4, 0.5) is 11.4 Å². The quantitative estimate of drug-likeness (QED) is 0.668. The van der Waals surface area contributed by atoms with Crippen molar-refractivity contribution in [2.75, 3.05) is 22.5 Å². The van der Waals surface area contributed by atoms with E-state index in [2.05, 4.69) is 11.9 Å². The number of hydrogen-bond donors (Lipinski definition) is 1. The molecule has 0 spiro atoms. The topological polar surface area (TPSA) is 75.7 Å². The molecular formula is C20H24N2O4S. The molecule has 0 radical (unpaired) electrons. The molecule has 2 rings (SSSR count). The summed E-state index contributed by atoms with van der Waals surface area (Å²) in [6.07, 6.45) is 3.07. The van der Waals surface area contributed by atoms with Gasteiger partial charge >= 0.3 is 0 Å². The number of anilines is 2. The van der Waals surface area contributed by atoms with Gasteiger partial charge in [0.05, 0.1) is 11.9 Å². The van der Waals surface area contributed by atoms with Crippen LogP contribution >= 0.6 is 0 Å². The van der Waals surface area contributed by atoms with Crippen LogP contribution in [-0.2, 0) is 14.8 Å². The Kier molecular flexibility index (Phi) is 7.01. The molecule has 144 valence electrons. The molecule has 1 amide bonds. The minimum absolute atomic E-state index is 0.328. The highest BCUT2D eigenvalue weighted by molar-refractivity contribution is 7.92. The van der Waals surface area contributed by atoms with Gasteiger partial charge in [-0.3, -0.25) is 9.10 Å². The van der Waals surface area contributed by atoms with Gasteiger partial charge in [0.2, 0.25) is 15.9 Å². The molecule has 0 unspecified atom stereocenters. The first kappa shape index (κ1) is 20.5. The summed E-state index contributed by atoms with van der Waals surface area (Å²) in [5.74, 6) is 0.258. The molecule has 0 aliphatic heterocycles. The predicted molar refractivity (Wildman–Crippen MR) is 109 cm³/mol. The van der Waals surface area contributed by atoms with E-state index in [1.807, 2.05) is 0 Å². The van der Waals surface area contributed by atoms with Gasteiger partial charge in [-0.15, -0.1) is 0 Å². The van der Waals surface area contributed by atoms with Gasteiger partial charge in [0, 0.05) is 5.69 Å². The van der Waals surface area contributed by atoms with Crippen molar-refractivity contribution >= 4 is 27.3 Å². The van der Waals surface area contributed by atoms with Crippen LogP contribution in [0.2, 0.25) is 0 Å². The number of para-hydroxylation sites is 1. The monoisotopic (exact) mass is 388 g/mol. The SMILES string of the molecule is C=CCOc1ccc(NC(=O)[C@H](CC)N(c2ccccc2)S(C)(=O)=O)cc1. The van der Waals surface area contributed by atoms with Crippen LogP contribution in [0.25, 0.3) is 0 Å². The number of nitrogens with one attached hydrogen (secondary N) is 1. The van der Waals surface area contributed by atoms with Crippen molar-refractivity contribution in [3.05, 3.63) is 67.3 Å². The first-order valence-corrected chi connectivity index (χ1v) is 10.4. The summed E-state index contributed by atoms with van der Waals surface area (Å²) in [4.78, 5) is 12.8. The molecule has 7 heteroatoms. The van der Waals surface area contributed by atoms with Crippen LogP contribution in [0.3, 0.4) is 0 Å². The third-order valence-corrected chi connectivity index (χ3v) is 5.01. The molecule has 1 N–H and O–H groups in total. The molecule has 0 aromatic heterocycles. The smallest absolute Gasteiger partial charge is 0.248 e. The lowest BCUT2D eigenvalue weighted by atomic mass is 10.2. The van der Waals surface area contributed by atoms with Gasteiger partial charge in [-0.25, -0.2) is 8.42 Å². The normalized spacial score (nSPS) is 12.1. The Hall–Kier alpha value is -2.80. The maximum Gasteiger partial charge on any atom is 0.248 e. The molecule has 27 heavy (non-hydrogen) atoms. The fraction of sp³-hybridized carbons (Fsp3) is 0.250. The van der Waals surface area contributed by atoms with Gasteiger partial charge in [-0.2, -0.15) is 0 Å². The Morgan fingerprint density at radius 3 is 2.33 bits per heavy atom. The second-order valence-corrected chi connectivity index (χ2v) is 7.79. The molecule has 1 atom stereocenters. The van der Waals surface area contributed by atoms with Crippen LogP contribution in [0.15, 0.2) is 67.3 Å². The Morgan fingerprint density at radius 1 is 1.19 bits per heavy atom. The summed E-state index contributed by atoms with van der Waals surface area (Å²) in [5, 5.41) is 2.78. The number of benzene rings is 2. The van der Waals surface area contributed by atoms with Gasteiger partial charge in [0.1, 0.15) is 18.4 Å².